The van der Waals surface area contributed by atoms with E-state index in [1.165, 1.54) is 0 Å². The molecule has 0 heterocycles. The summed E-state index contributed by atoms with van der Waals surface area (Å²) in [7, 11) is 0. The maximum absolute atomic E-state index is 5.81. The van der Waals surface area contributed by atoms with E-state index in [1.807, 2.05) is 31.2 Å². The van der Waals surface area contributed by atoms with Crippen molar-refractivity contribution in [3.63, 3.8) is 0 Å². The highest BCUT2D eigenvalue weighted by atomic mass is 35.5. The number of guanidine groups is 1. The van der Waals surface area contributed by atoms with Crippen LogP contribution >= 0.6 is 11.6 Å². The monoisotopic (exact) mass is 283 g/mol. The van der Waals surface area contributed by atoms with Crippen LogP contribution in [0, 0.1) is 0 Å². The highest BCUT2D eigenvalue weighted by Gasteiger charge is 1.97. The molecule has 0 radical (unpaired) electrons. The fourth-order valence-electron chi connectivity index (χ4n) is 1.43. The van der Waals surface area contributed by atoms with Crippen LogP contribution in [-0.2, 0) is 0 Å². The number of nitrogens with zero attached hydrogens (tertiary/aromatic N) is 1. The molecule has 0 fully saturated rings. The number of benzene rings is 1. The molecule has 1 aromatic rings. The van der Waals surface area contributed by atoms with Crippen LogP contribution in [-0.4, -0.2) is 32.2 Å². The van der Waals surface area contributed by atoms with Crippen LogP contribution in [0.1, 0.15) is 20.3 Å². The number of hydrogen-bond acceptors (Lipinski definition) is 2. The molecule has 0 aliphatic heterocycles. The molecule has 19 heavy (non-hydrogen) atoms. The normalized spacial score (nSPS) is 11.2. The standard InChI is InChI=1S/C14H22ClN3O/c1-3-9-17-14(16-4-2)18-10-11-19-13-7-5-12(15)6-8-13/h5-8H,3-4,9-11H2,1-2H3,(H2,16,17,18). The van der Waals surface area contributed by atoms with Gasteiger partial charge >= 0.3 is 0 Å². The number of hydrogen-bond donors (Lipinski definition) is 2. The van der Waals surface area contributed by atoms with E-state index in [-0.39, 0.29) is 0 Å². The highest BCUT2D eigenvalue weighted by Crippen LogP contribution is 2.14. The van der Waals surface area contributed by atoms with Crippen molar-refractivity contribution in [2.45, 2.75) is 20.3 Å². The van der Waals surface area contributed by atoms with E-state index in [0.29, 0.717) is 18.2 Å². The molecule has 106 valence electrons. The van der Waals surface area contributed by atoms with Crippen LogP contribution in [0.15, 0.2) is 29.3 Å². The zero-order valence-corrected chi connectivity index (χ0v) is 12.3. The lowest BCUT2D eigenvalue weighted by Gasteiger charge is -2.11. The van der Waals surface area contributed by atoms with E-state index in [1.54, 1.807) is 0 Å². The van der Waals surface area contributed by atoms with E-state index in [2.05, 4.69) is 22.5 Å². The lowest BCUT2D eigenvalue weighted by molar-refractivity contribution is 0.322. The topological polar surface area (TPSA) is 45.7 Å². The molecule has 0 atom stereocenters. The van der Waals surface area contributed by atoms with Crippen LogP contribution in [0.25, 0.3) is 0 Å². The minimum absolute atomic E-state index is 0.582. The van der Waals surface area contributed by atoms with Gasteiger partial charge in [0, 0.05) is 18.1 Å². The number of aliphatic imine (C=N–C) groups is 1. The molecule has 4 nitrogen and oxygen atoms in total. The first kappa shape index (κ1) is 15.6. The number of rotatable bonds is 7. The fraction of sp³-hybridized carbons (Fsp3) is 0.500. The van der Waals surface area contributed by atoms with Gasteiger partial charge in [-0.1, -0.05) is 18.5 Å². The van der Waals surface area contributed by atoms with Crippen LogP contribution in [0.5, 0.6) is 5.75 Å². The Labute approximate surface area is 120 Å². The molecule has 2 N–H and O–H groups in total. The van der Waals surface area contributed by atoms with Crippen LogP contribution < -0.4 is 15.4 Å². The van der Waals surface area contributed by atoms with Crippen molar-refractivity contribution in [1.82, 2.24) is 10.6 Å². The molecular weight excluding hydrogens is 262 g/mol. The Morgan fingerprint density at radius 3 is 2.58 bits per heavy atom. The average molecular weight is 284 g/mol. The average Bonchev–Trinajstić information content (AvgIpc) is 2.42. The fourth-order valence-corrected chi connectivity index (χ4v) is 1.56. The van der Waals surface area contributed by atoms with Crippen molar-refractivity contribution in [3.8, 4) is 5.75 Å². The van der Waals surface area contributed by atoms with Crippen molar-refractivity contribution >= 4 is 17.6 Å². The van der Waals surface area contributed by atoms with Crippen molar-refractivity contribution < 1.29 is 4.74 Å². The van der Waals surface area contributed by atoms with Gasteiger partial charge in [0.15, 0.2) is 5.96 Å². The lowest BCUT2D eigenvalue weighted by Crippen LogP contribution is -2.39. The third kappa shape index (κ3) is 6.91. The molecule has 0 amide bonds. The molecule has 0 bridgehead atoms. The molecule has 0 aliphatic carbocycles. The Bertz CT molecular complexity index is 379. The molecule has 5 heteroatoms. The van der Waals surface area contributed by atoms with E-state index < -0.39 is 0 Å². The van der Waals surface area contributed by atoms with Gasteiger partial charge in [-0.15, -0.1) is 0 Å². The maximum atomic E-state index is 5.81. The van der Waals surface area contributed by atoms with Crippen LogP contribution in [0.4, 0.5) is 0 Å². The third-order valence-corrected chi connectivity index (χ3v) is 2.57. The largest absolute Gasteiger partial charge is 0.492 e. The van der Waals surface area contributed by atoms with Gasteiger partial charge in [-0.2, -0.15) is 0 Å². The predicted octanol–water partition coefficient (Wildman–Crippen LogP) is 2.68. The molecule has 0 spiro atoms. The molecular formula is C14H22ClN3O. The van der Waals surface area contributed by atoms with E-state index in [0.717, 1.165) is 31.2 Å². The van der Waals surface area contributed by atoms with Crippen molar-refractivity contribution in [2.75, 3.05) is 26.2 Å². The molecule has 0 aromatic heterocycles. The summed E-state index contributed by atoms with van der Waals surface area (Å²) in [4.78, 5) is 4.41. The van der Waals surface area contributed by atoms with Gasteiger partial charge in [-0.05, 0) is 37.6 Å². The Morgan fingerprint density at radius 2 is 1.95 bits per heavy atom. The van der Waals surface area contributed by atoms with E-state index in [9.17, 15) is 0 Å². The SMILES string of the molecule is CCCN=C(NCC)NCCOc1ccc(Cl)cc1. The Morgan fingerprint density at radius 1 is 1.21 bits per heavy atom. The Hall–Kier alpha value is -1.42. The summed E-state index contributed by atoms with van der Waals surface area (Å²) in [5.41, 5.74) is 0. The summed E-state index contributed by atoms with van der Waals surface area (Å²) in [5, 5.41) is 7.13. The molecule has 0 saturated carbocycles. The van der Waals surface area contributed by atoms with Crippen molar-refractivity contribution in [3.05, 3.63) is 29.3 Å². The minimum atomic E-state index is 0.582. The zero-order valence-electron chi connectivity index (χ0n) is 11.6. The maximum Gasteiger partial charge on any atom is 0.191 e. The van der Waals surface area contributed by atoms with Crippen molar-refractivity contribution in [1.29, 1.82) is 0 Å². The van der Waals surface area contributed by atoms with Crippen molar-refractivity contribution in [2.24, 2.45) is 4.99 Å². The number of halogens is 1. The summed E-state index contributed by atoms with van der Waals surface area (Å²) >= 11 is 5.81. The van der Waals surface area contributed by atoms with Gasteiger partial charge in [0.05, 0.1) is 6.54 Å². The van der Waals surface area contributed by atoms with Gasteiger partial charge in [-0.25, -0.2) is 0 Å². The Balaban J connectivity index is 2.26. The van der Waals surface area contributed by atoms with Gasteiger partial charge in [-0.3, -0.25) is 4.99 Å². The van der Waals surface area contributed by atoms with Gasteiger partial charge in [0.1, 0.15) is 12.4 Å². The predicted molar refractivity (Wildman–Crippen MR) is 81.2 cm³/mol. The quantitative estimate of drug-likeness (QED) is 0.459. The molecule has 0 unspecified atom stereocenters. The zero-order chi connectivity index (χ0) is 13.9. The summed E-state index contributed by atoms with van der Waals surface area (Å²) in [6, 6.07) is 7.35. The minimum Gasteiger partial charge on any atom is -0.492 e. The molecule has 0 saturated heterocycles. The van der Waals surface area contributed by atoms with Gasteiger partial charge in [0.25, 0.3) is 0 Å². The first-order valence-electron chi connectivity index (χ1n) is 6.66. The molecule has 1 aromatic carbocycles. The smallest absolute Gasteiger partial charge is 0.191 e. The number of nitrogens with one attached hydrogen (secondary N) is 2. The Kier molecular flexibility index (Phi) is 7.82. The second-order valence-electron chi connectivity index (χ2n) is 3.99. The summed E-state index contributed by atoms with van der Waals surface area (Å²) in [6.45, 7) is 7.13. The first-order valence-corrected chi connectivity index (χ1v) is 7.04. The molecule has 0 aliphatic rings. The van der Waals surface area contributed by atoms with E-state index >= 15 is 0 Å². The lowest BCUT2D eigenvalue weighted by atomic mass is 10.3. The first-order chi connectivity index (χ1) is 9.26. The summed E-state index contributed by atoms with van der Waals surface area (Å²) < 4.78 is 5.59. The summed E-state index contributed by atoms with van der Waals surface area (Å²) in [5.74, 6) is 1.66. The summed E-state index contributed by atoms with van der Waals surface area (Å²) in [6.07, 6.45) is 1.04. The van der Waals surface area contributed by atoms with Gasteiger partial charge < -0.3 is 15.4 Å². The van der Waals surface area contributed by atoms with Crippen LogP contribution in [0.3, 0.4) is 0 Å². The van der Waals surface area contributed by atoms with Gasteiger partial charge in [0.2, 0.25) is 0 Å². The third-order valence-electron chi connectivity index (χ3n) is 2.31. The van der Waals surface area contributed by atoms with E-state index in [4.69, 9.17) is 16.3 Å². The second-order valence-corrected chi connectivity index (χ2v) is 4.43. The van der Waals surface area contributed by atoms with Crippen LogP contribution in [0.2, 0.25) is 5.02 Å². The second kappa shape index (κ2) is 9.50. The number of ether oxygens (including phenoxy) is 1. The molecule has 1 rings (SSSR count). The highest BCUT2D eigenvalue weighted by molar-refractivity contribution is 6.30.